The number of rotatable bonds is 4. The van der Waals surface area contributed by atoms with Crippen LogP contribution < -0.4 is 9.47 Å². The van der Waals surface area contributed by atoms with Gasteiger partial charge in [-0.25, -0.2) is 9.40 Å². The molecule has 0 N–H and O–H groups in total. The zero-order chi connectivity index (χ0) is 19.8. The number of halogens is 2. The molecule has 3 rings (SSSR count). The van der Waals surface area contributed by atoms with Gasteiger partial charge in [0.15, 0.2) is 11.5 Å². The van der Waals surface area contributed by atoms with Crippen LogP contribution in [0, 0.1) is 11.2 Å². The van der Waals surface area contributed by atoms with E-state index in [-0.39, 0.29) is 16.9 Å². The quantitative estimate of drug-likeness (QED) is 0.711. The van der Waals surface area contributed by atoms with E-state index in [1.54, 1.807) is 26.4 Å². The van der Waals surface area contributed by atoms with E-state index < -0.39 is 5.82 Å². The van der Waals surface area contributed by atoms with E-state index in [4.69, 9.17) is 9.47 Å². The van der Waals surface area contributed by atoms with Crippen LogP contribution >= 0.6 is 15.9 Å². The summed E-state index contributed by atoms with van der Waals surface area (Å²) in [6.45, 7) is 4.42. The summed E-state index contributed by atoms with van der Waals surface area (Å²) in [4.78, 5) is 12.8. The van der Waals surface area contributed by atoms with Gasteiger partial charge in [0, 0.05) is 16.5 Å². The lowest BCUT2D eigenvalue weighted by Crippen LogP contribution is -2.31. The van der Waals surface area contributed by atoms with E-state index in [9.17, 15) is 9.18 Å². The summed E-state index contributed by atoms with van der Waals surface area (Å²) >= 11 is 3.10. The molecule has 2 aromatic carbocycles. The molecule has 0 spiro atoms. The van der Waals surface area contributed by atoms with E-state index in [0.29, 0.717) is 22.5 Å². The molecule has 1 heterocycles. The molecule has 1 amide bonds. The summed E-state index contributed by atoms with van der Waals surface area (Å²) in [5.41, 5.74) is 1.48. The van der Waals surface area contributed by atoms with Crippen molar-refractivity contribution in [3.05, 3.63) is 57.8 Å². The molecule has 2 aromatic rings. The lowest BCUT2D eigenvalue weighted by atomic mass is 9.84. The van der Waals surface area contributed by atoms with E-state index in [2.05, 4.69) is 21.0 Å². The molecular weight excluding hydrogens is 415 g/mol. The highest BCUT2D eigenvalue weighted by Crippen LogP contribution is 2.35. The SMILES string of the molecule is COc1ccc(C2=NN(C(=O)c3ccc(Br)c(F)c3)CC2(C)C)cc1OC. The molecule has 1 aliphatic heterocycles. The summed E-state index contributed by atoms with van der Waals surface area (Å²) in [5, 5.41) is 5.92. The third kappa shape index (κ3) is 3.69. The number of hydrogen-bond acceptors (Lipinski definition) is 4. The van der Waals surface area contributed by atoms with Crippen molar-refractivity contribution in [3.8, 4) is 11.5 Å². The zero-order valence-electron chi connectivity index (χ0n) is 15.5. The predicted molar refractivity (Wildman–Crippen MR) is 105 cm³/mol. The van der Waals surface area contributed by atoms with Crippen LogP contribution in [-0.4, -0.2) is 37.4 Å². The van der Waals surface area contributed by atoms with Crippen molar-refractivity contribution in [2.24, 2.45) is 10.5 Å². The van der Waals surface area contributed by atoms with Crippen molar-refractivity contribution in [3.63, 3.8) is 0 Å². The fourth-order valence-corrected chi connectivity index (χ4v) is 3.31. The molecule has 0 unspecified atom stereocenters. The summed E-state index contributed by atoms with van der Waals surface area (Å²) in [7, 11) is 3.15. The van der Waals surface area contributed by atoms with Gasteiger partial charge in [0.25, 0.3) is 5.91 Å². The Labute approximate surface area is 165 Å². The van der Waals surface area contributed by atoms with Gasteiger partial charge >= 0.3 is 0 Å². The highest BCUT2D eigenvalue weighted by Gasteiger charge is 2.38. The van der Waals surface area contributed by atoms with Crippen LogP contribution in [0.1, 0.15) is 29.8 Å². The van der Waals surface area contributed by atoms with Gasteiger partial charge in [-0.2, -0.15) is 5.10 Å². The van der Waals surface area contributed by atoms with Crippen LogP contribution in [0.5, 0.6) is 11.5 Å². The molecule has 0 bridgehead atoms. The predicted octanol–water partition coefficient (Wildman–Crippen LogP) is 4.49. The van der Waals surface area contributed by atoms with Gasteiger partial charge in [-0.15, -0.1) is 0 Å². The minimum atomic E-state index is -0.483. The molecule has 0 atom stereocenters. The van der Waals surface area contributed by atoms with Crippen LogP contribution in [-0.2, 0) is 0 Å². The van der Waals surface area contributed by atoms with Crippen LogP contribution in [0.4, 0.5) is 4.39 Å². The lowest BCUT2D eigenvalue weighted by Gasteiger charge is -2.21. The molecule has 0 saturated carbocycles. The van der Waals surface area contributed by atoms with Gasteiger partial charge in [0.05, 0.1) is 30.9 Å². The molecular formula is C20H20BrFN2O3. The zero-order valence-corrected chi connectivity index (χ0v) is 17.1. The molecule has 0 aromatic heterocycles. The van der Waals surface area contributed by atoms with Crippen molar-refractivity contribution in [1.29, 1.82) is 0 Å². The van der Waals surface area contributed by atoms with Crippen molar-refractivity contribution in [2.75, 3.05) is 20.8 Å². The third-order valence-electron chi connectivity index (χ3n) is 4.46. The highest BCUT2D eigenvalue weighted by atomic mass is 79.9. The van der Waals surface area contributed by atoms with Crippen LogP contribution in [0.2, 0.25) is 0 Å². The van der Waals surface area contributed by atoms with Gasteiger partial charge in [-0.1, -0.05) is 13.8 Å². The normalized spacial score (nSPS) is 15.5. The Morgan fingerprint density at radius 1 is 1.15 bits per heavy atom. The van der Waals surface area contributed by atoms with Gasteiger partial charge < -0.3 is 9.47 Å². The maximum atomic E-state index is 13.8. The number of benzene rings is 2. The Morgan fingerprint density at radius 2 is 1.85 bits per heavy atom. The molecule has 0 fully saturated rings. The van der Waals surface area contributed by atoms with Crippen LogP contribution in [0.3, 0.4) is 0 Å². The number of methoxy groups -OCH3 is 2. The molecule has 0 aliphatic carbocycles. The van der Waals surface area contributed by atoms with Gasteiger partial charge in [-0.05, 0) is 52.3 Å². The summed E-state index contributed by atoms with van der Waals surface area (Å²) in [6.07, 6.45) is 0. The maximum absolute atomic E-state index is 13.8. The van der Waals surface area contributed by atoms with Crippen molar-refractivity contribution < 1.29 is 18.7 Å². The minimum Gasteiger partial charge on any atom is -0.493 e. The number of nitrogens with zero attached hydrogens (tertiary/aromatic N) is 2. The summed E-state index contributed by atoms with van der Waals surface area (Å²) in [6, 6.07) is 9.84. The topological polar surface area (TPSA) is 51.1 Å². The monoisotopic (exact) mass is 434 g/mol. The molecule has 27 heavy (non-hydrogen) atoms. The summed E-state index contributed by atoms with van der Waals surface area (Å²) < 4.78 is 24.8. The number of carbonyl (C=O) groups is 1. The minimum absolute atomic E-state index is 0.254. The second-order valence-corrected chi connectivity index (χ2v) is 7.75. The number of amides is 1. The number of ether oxygens (including phenoxy) is 2. The Kier molecular flexibility index (Phi) is 5.24. The first-order chi connectivity index (χ1) is 12.8. The van der Waals surface area contributed by atoms with Crippen molar-refractivity contribution in [2.45, 2.75) is 13.8 Å². The average Bonchev–Trinajstić information content (AvgIpc) is 2.98. The Hall–Kier alpha value is -2.41. The third-order valence-corrected chi connectivity index (χ3v) is 5.11. The van der Waals surface area contributed by atoms with Crippen LogP contribution in [0.15, 0.2) is 46.0 Å². The number of hydrogen-bond donors (Lipinski definition) is 0. The Bertz CT molecular complexity index is 927. The summed E-state index contributed by atoms with van der Waals surface area (Å²) in [5.74, 6) is 0.387. The maximum Gasteiger partial charge on any atom is 0.274 e. The fraction of sp³-hybridized carbons (Fsp3) is 0.300. The van der Waals surface area contributed by atoms with E-state index in [1.165, 1.54) is 17.1 Å². The van der Waals surface area contributed by atoms with E-state index in [0.717, 1.165) is 11.3 Å². The van der Waals surface area contributed by atoms with Gasteiger partial charge in [0.2, 0.25) is 0 Å². The fourth-order valence-electron chi connectivity index (χ4n) is 3.07. The highest BCUT2D eigenvalue weighted by molar-refractivity contribution is 9.10. The molecule has 7 heteroatoms. The number of hydrazone groups is 1. The second-order valence-electron chi connectivity index (χ2n) is 6.89. The Morgan fingerprint density at radius 3 is 2.48 bits per heavy atom. The van der Waals surface area contributed by atoms with E-state index in [1.807, 2.05) is 26.0 Å². The number of carbonyl (C=O) groups excluding carboxylic acids is 1. The first-order valence-electron chi connectivity index (χ1n) is 8.35. The van der Waals surface area contributed by atoms with Crippen molar-refractivity contribution in [1.82, 2.24) is 5.01 Å². The second kappa shape index (κ2) is 7.31. The molecule has 142 valence electrons. The Balaban J connectivity index is 1.96. The lowest BCUT2D eigenvalue weighted by molar-refractivity contribution is 0.0753. The first kappa shape index (κ1) is 19.4. The average molecular weight is 435 g/mol. The first-order valence-corrected chi connectivity index (χ1v) is 9.14. The molecule has 5 nitrogen and oxygen atoms in total. The van der Waals surface area contributed by atoms with Gasteiger partial charge in [0.1, 0.15) is 5.82 Å². The van der Waals surface area contributed by atoms with E-state index >= 15 is 0 Å². The smallest absolute Gasteiger partial charge is 0.274 e. The van der Waals surface area contributed by atoms with Crippen LogP contribution in [0.25, 0.3) is 0 Å². The van der Waals surface area contributed by atoms with Gasteiger partial charge in [-0.3, -0.25) is 4.79 Å². The molecule has 0 radical (unpaired) electrons. The standard InChI is InChI=1S/C20H20BrFN2O3/c1-20(2)11-24(19(25)13-5-7-14(21)15(22)9-13)23-18(20)12-6-8-16(26-3)17(10-12)27-4/h5-10H,11H2,1-4H3. The largest absolute Gasteiger partial charge is 0.493 e. The molecule has 1 aliphatic rings. The molecule has 0 saturated heterocycles. The van der Waals surface area contributed by atoms with Crippen molar-refractivity contribution >= 4 is 27.5 Å².